The van der Waals surface area contributed by atoms with Crippen LogP contribution >= 0.6 is 11.8 Å². The molecule has 0 N–H and O–H groups in total. The fraction of sp³-hybridized carbons (Fsp3) is 0.286. The lowest BCUT2D eigenvalue weighted by molar-refractivity contribution is 0.101. The van der Waals surface area contributed by atoms with Gasteiger partial charge in [-0.3, -0.25) is 4.79 Å². The van der Waals surface area contributed by atoms with Crippen molar-refractivity contribution in [2.45, 2.75) is 17.9 Å². The summed E-state index contributed by atoms with van der Waals surface area (Å²) in [4.78, 5) is 11.7. The molecule has 9 heteroatoms. The quantitative estimate of drug-likeness (QED) is 0.364. The van der Waals surface area contributed by atoms with Crippen LogP contribution in [0.1, 0.15) is 22.8 Å². The summed E-state index contributed by atoms with van der Waals surface area (Å²) in [7, 11) is 6.21. The molecule has 0 saturated carbocycles. The predicted molar refractivity (Wildman–Crippen MR) is 112 cm³/mol. The van der Waals surface area contributed by atoms with Gasteiger partial charge < -0.3 is 23.4 Å². The van der Waals surface area contributed by atoms with Gasteiger partial charge in [-0.1, -0.05) is 11.8 Å². The minimum absolute atomic E-state index is 0.00798. The number of benzene rings is 2. The van der Waals surface area contributed by atoms with E-state index in [-0.39, 0.29) is 5.78 Å². The van der Waals surface area contributed by atoms with E-state index in [1.54, 1.807) is 45.6 Å². The predicted octanol–water partition coefficient (Wildman–Crippen LogP) is 4.27. The first-order valence-electron chi connectivity index (χ1n) is 8.95. The molecule has 0 aliphatic carbocycles. The van der Waals surface area contributed by atoms with Gasteiger partial charge in [-0.05, 0) is 37.3 Å². The second-order valence-corrected chi connectivity index (χ2v) is 7.09. The smallest absolute Gasteiger partial charge is 0.277 e. The van der Waals surface area contributed by atoms with E-state index >= 15 is 0 Å². The summed E-state index contributed by atoms with van der Waals surface area (Å²) in [5.41, 5.74) is 2.12. The molecule has 3 aromatic rings. The van der Waals surface area contributed by atoms with Crippen LogP contribution in [0, 0.1) is 0 Å². The molecule has 0 spiro atoms. The number of hydrogen-bond acceptors (Lipinski definition) is 9. The molecular weight excluding hydrogens is 408 g/mol. The zero-order valence-corrected chi connectivity index (χ0v) is 18.2. The monoisotopic (exact) mass is 430 g/mol. The summed E-state index contributed by atoms with van der Waals surface area (Å²) in [6, 6.07) is 8.81. The summed E-state index contributed by atoms with van der Waals surface area (Å²) in [5, 5.41) is 8.60. The average Bonchev–Trinajstić information content (AvgIpc) is 3.25. The largest absolute Gasteiger partial charge is 0.496 e. The van der Waals surface area contributed by atoms with Gasteiger partial charge >= 0.3 is 0 Å². The maximum Gasteiger partial charge on any atom is 0.277 e. The number of aromatic nitrogens is 2. The Balaban J connectivity index is 1.83. The van der Waals surface area contributed by atoms with E-state index in [0.29, 0.717) is 51.0 Å². The van der Waals surface area contributed by atoms with Crippen LogP contribution in [0.25, 0.3) is 11.5 Å². The van der Waals surface area contributed by atoms with E-state index < -0.39 is 0 Å². The lowest BCUT2D eigenvalue weighted by Crippen LogP contribution is -1.96. The van der Waals surface area contributed by atoms with E-state index in [9.17, 15) is 4.79 Å². The number of rotatable bonds is 9. The van der Waals surface area contributed by atoms with Crippen LogP contribution in [0.3, 0.4) is 0 Å². The highest BCUT2D eigenvalue weighted by atomic mass is 32.2. The van der Waals surface area contributed by atoms with E-state index in [2.05, 4.69) is 10.2 Å². The fourth-order valence-corrected chi connectivity index (χ4v) is 3.58. The Bertz CT molecular complexity index is 1020. The van der Waals surface area contributed by atoms with Crippen molar-refractivity contribution in [3.63, 3.8) is 0 Å². The van der Waals surface area contributed by atoms with E-state index in [4.69, 9.17) is 23.4 Å². The number of Topliss-reactive ketones (excluding diaryl/α,β-unsaturated/α-hetero) is 1. The van der Waals surface area contributed by atoms with Crippen LogP contribution in [-0.2, 0) is 5.75 Å². The second kappa shape index (κ2) is 9.53. The molecule has 0 amide bonds. The lowest BCUT2D eigenvalue weighted by Gasteiger charge is -2.12. The Morgan fingerprint density at radius 2 is 1.60 bits per heavy atom. The van der Waals surface area contributed by atoms with Crippen molar-refractivity contribution < 1.29 is 28.2 Å². The highest BCUT2D eigenvalue weighted by Gasteiger charge is 2.18. The van der Waals surface area contributed by atoms with Crippen LogP contribution in [-0.4, -0.2) is 44.4 Å². The topological polar surface area (TPSA) is 92.9 Å². The van der Waals surface area contributed by atoms with Crippen molar-refractivity contribution in [1.82, 2.24) is 10.2 Å². The maximum absolute atomic E-state index is 11.7. The number of methoxy groups -OCH3 is 4. The Labute approximate surface area is 178 Å². The third-order valence-electron chi connectivity index (χ3n) is 4.36. The molecule has 2 aromatic carbocycles. The Kier molecular flexibility index (Phi) is 6.83. The third-order valence-corrected chi connectivity index (χ3v) is 5.22. The van der Waals surface area contributed by atoms with Gasteiger partial charge in [-0.15, -0.1) is 10.2 Å². The highest BCUT2D eigenvalue weighted by Crippen LogP contribution is 2.41. The first-order valence-corrected chi connectivity index (χ1v) is 9.93. The number of carbonyl (C=O) groups excluding carboxylic acids is 1. The van der Waals surface area contributed by atoms with Crippen LogP contribution in [0.4, 0.5) is 0 Å². The minimum atomic E-state index is -0.00798. The van der Waals surface area contributed by atoms with Gasteiger partial charge in [-0.25, -0.2) is 0 Å². The number of hydrogen-bond donors (Lipinski definition) is 0. The molecule has 8 nitrogen and oxygen atoms in total. The molecule has 158 valence electrons. The van der Waals surface area contributed by atoms with E-state index in [1.807, 2.05) is 6.07 Å². The number of carbonyl (C=O) groups is 1. The Hall–Kier alpha value is -3.20. The van der Waals surface area contributed by atoms with Crippen molar-refractivity contribution in [3.8, 4) is 34.5 Å². The molecular formula is C21H22N2O6S. The molecule has 0 atom stereocenters. The number of ether oxygens (including phenoxy) is 4. The normalized spacial score (nSPS) is 10.6. The molecule has 0 unspecified atom stereocenters. The van der Waals surface area contributed by atoms with Gasteiger partial charge in [0.05, 0.1) is 28.4 Å². The van der Waals surface area contributed by atoms with E-state index in [1.165, 1.54) is 25.8 Å². The summed E-state index contributed by atoms with van der Waals surface area (Å²) in [6.07, 6.45) is 0. The Morgan fingerprint density at radius 1 is 0.933 bits per heavy atom. The number of nitrogens with zero attached hydrogens (tertiary/aromatic N) is 2. The van der Waals surface area contributed by atoms with Crippen molar-refractivity contribution in [2.24, 2.45) is 0 Å². The molecule has 0 fully saturated rings. The number of thioether (sulfide) groups is 1. The van der Waals surface area contributed by atoms with Crippen LogP contribution in [0.15, 0.2) is 40.0 Å². The SMILES string of the molecule is COc1ccc(C(C)=O)cc1CSc1nnc(-c2cc(OC)c(OC)c(OC)c2)o1. The van der Waals surface area contributed by atoms with Crippen LogP contribution in [0.2, 0.25) is 0 Å². The first-order chi connectivity index (χ1) is 14.5. The van der Waals surface area contributed by atoms with Gasteiger partial charge in [0.2, 0.25) is 11.6 Å². The van der Waals surface area contributed by atoms with Crippen LogP contribution < -0.4 is 18.9 Å². The summed E-state index contributed by atoms with van der Waals surface area (Å²) in [6.45, 7) is 1.53. The molecule has 1 aromatic heterocycles. The second-order valence-electron chi connectivity index (χ2n) is 6.16. The molecule has 30 heavy (non-hydrogen) atoms. The van der Waals surface area contributed by atoms with Gasteiger partial charge in [0.25, 0.3) is 5.22 Å². The van der Waals surface area contributed by atoms with Gasteiger partial charge in [0.1, 0.15) is 5.75 Å². The fourth-order valence-electron chi connectivity index (χ4n) is 2.84. The Morgan fingerprint density at radius 3 is 2.17 bits per heavy atom. The standard InChI is InChI=1S/C21H22N2O6S/c1-12(24)13-6-7-16(25-2)15(8-13)11-30-21-23-22-20(29-21)14-9-17(26-3)19(28-5)18(10-14)27-4/h6-10H,11H2,1-5H3. The summed E-state index contributed by atoms with van der Waals surface area (Å²) < 4.78 is 27.2. The van der Waals surface area contributed by atoms with Gasteiger partial charge in [0, 0.05) is 22.4 Å². The molecule has 0 bridgehead atoms. The van der Waals surface area contributed by atoms with Gasteiger partial charge in [-0.2, -0.15) is 0 Å². The van der Waals surface area contributed by atoms with Crippen molar-refractivity contribution >= 4 is 17.5 Å². The molecule has 1 heterocycles. The average molecular weight is 430 g/mol. The third kappa shape index (κ3) is 4.51. The maximum atomic E-state index is 11.7. The number of ketones is 1. The molecule has 0 aliphatic rings. The molecule has 0 aliphatic heterocycles. The zero-order valence-electron chi connectivity index (χ0n) is 17.3. The van der Waals surface area contributed by atoms with Crippen molar-refractivity contribution in [1.29, 1.82) is 0 Å². The lowest BCUT2D eigenvalue weighted by atomic mass is 10.1. The van der Waals surface area contributed by atoms with Gasteiger partial charge in [0.15, 0.2) is 17.3 Å². The minimum Gasteiger partial charge on any atom is -0.496 e. The summed E-state index contributed by atoms with van der Waals surface area (Å²) in [5.74, 6) is 2.97. The molecule has 0 saturated heterocycles. The highest BCUT2D eigenvalue weighted by molar-refractivity contribution is 7.98. The van der Waals surface area contributed by atoms with Crippen molar-refractivity contribution in [2.75, 3.05) is 28.4 Å². The molecule has 3 rings (SSSR count). The van der Waals surface area contributed by atoms with Crippen molar-refractivity contribution in [3.05, 3.63) is 41.5 Å². The first kappa shape index (κ1) is 21.5. The van der Waals surface area contributed by atoms with Crippen LogP contribution in [0.5, 0.6) is 23.0 Å². The summed E-state index contributed by atoms with van der Waals surface area (Å²) >= 11 is 1.35. The van der Waals surface area contributed by atoms with E-state index in [0.717, 1.165) is 5.56 Å². The zero-order chi connectivity index (χ0) is 21.7. The molecule has 0 radical (unpaired) electrons.